The summed E-state index contributed by atoms with van der Waals surface area (Å²) in [5.41, 5.74) is 4.98. The predicted octanol–water partition coefficient (Wildman–Crippen LogP) is 4.29. The Morgan fingerprint density at radius 1 is 0.929 bits per heavy atom. The van der Waals surface area contributed by atoms with E-state index in [0.29, 0.717) is 0 Å². The lowest BCUT2D eigenvalue weighted by molar-refractivity contribution is 0.305. The summed E-state index contributed by atoms with van der Waals surface area (Å²) in [5.74, 6) is 0. The number of benzene rings is 1. The number of hydrogen-bond donors (Lipinski definition) is 0. The molecule has 0 unspecified atom stereocenters. The fourth-order valence-electron chi connectivity index (χ4n) is 4.72. The van der Waals surface area contributed by atoms with Crippen molar-refractivity contribution in [3.63, 3.8) is 0 Å². The average Bonchev–Trinajstić information content (AvgIpc) is 3.25. The van der Waals surface area contributed by atoms with E-state index in [9.17, 15) is 0 Å². The zero-order valence-corrected chi connectivity index (χ0v) is 16.5. The first-order valence-corrected chi connectivity index (χ1v) is 10.2. The maximum absolute atomic E-state index is 6.17. The van der Waals surface area contributed by atoms with Gasteiger partial charge in [-0.2, -0.15) is 0 Å². The van der Waals surface area contributed by atoms with Crippen molar-refractivity contribution in [2.24, 2.45) is 0 Å². The number of likely N-dealkylation sites (tertiary alicyclic amines) is 1. The second kappa shape index (κ2) is 7.19. The third kappa shape index (κ3) is 3.27. The minimum Gasteiger partial charge on any atom is -0.363 e. The molecule has 0 saturated carbocycles. The molecule has 0 bridgehead atoms. The topological polar surface area (TPSA) is 32.3 Å². The zero-order chi connectivity index (χ0) is 19.0. The lowest BCUT2D eigenvalue weighted by Gasteiger charge is -2.26. The van der Waals surface area contributed by atoms with E-state index in [1.807, 2.05) is 36.7 Å². The van der Waals surface area contributed by atoms with Crippen LogP contribution in [0.5, 0.6) is 0 Å². The Kier molecular flexibility index (Phi) is 4.53. The SMILES string of the molecule is Clc1cccc(CN2CC[C@]3(C2)CN(Cc2ccccn2)c2cccnc23)c1. The average molecular weight is 391 g/mol. The maximum Gasteiger partial charge on any atom is 0.0729 e. The molecule has 5 heteroatoms. The molecule has 1 atom stereocenters. The highest BCUT2D eigenvalue weighted by atomic mass is 35.5. The van der Waals surface area contributed by atoms with Gasteiger partial charge in [0.15, 0.2) is 0 Å². The van der Waals surface area contributed by atoms with Crippen LogP contribution in [0.25, 0.3) is 0 Å². The Bertz CT molecular complexity index is 977. The van der Waals surface area contributed by atoms with E-state index >= 15 is 0 Å². The van der Waals surface area contributed by atoms with Gasteiger partial charge in [0.05, 0.1) is 23.6 Å². The Balaban J connectivity index is 1.38. The molecule has 4 heterocycles. The summed E-state index contributed by atoms with van der Waals surface area (Å²) in [6.07, 6.45) is 4.94. The van der Waals surface area contributed by atoms with Gasteiger partial charge < -0.3 is 4.90 Å². The first-order valence-electron chi connectivity index (χ1n) is 9.79. The van der Waals surface area contributed by atoms with Gasteiger partial charge in [-0.3, -0.25) is 14.9 Å². The minimum atomic E-state index is 0.101. The highest BCUT2D eigenvalue weighted by Crippen LogP contribution is 2.45. The van der Waals surface area contributed by atoms with Gasteiger partial charge in [0, 0.05) is 42.5 Å². The molecular weight excluding hydrogens is 368 g/mol. The number of aromatic nitrogens is 2. The van der Waals surface area contributed by atoms with Crippen LogP contribution in [0.4, 0.5) is 5.69 Å². The summed E-state index contributed by atoms with van der Waals surface area (Å²) < 4.78 is 0. The fraction of sp³-hybridized carbons (Fsp3) is 0.304. The van der Waals surface area contributed by atoms with E-state index < -0.39 is 0 Å². The highest BCUT2D eigenvalue weighted by Gasteiger charge is 2.48. The van der Waals surface area contributed by atoms with Crippen molar-refractivity contribution in [3.05, 3.63) is 89.0 Å². The van der Waals surface area contributed by atoms with Gasteiger partial charge in [-0.25, -0.2) is 0 Å². The molecule has 1 spiro atoms. The normalized spacial score (nSPS) is 21.4. The second-order valence-electron chi connectivity index (χ2n) is 7.92. The molecule has 3 aromatic rings. The first kappa shape index (κ1) is 17.7. The minimum absolute atomic E-state index is 0.101. The summed E-state index contributed by atoms with van der Waals surface area (Å²) in [6.45, 7) is 4.88. The lowest BCUT2D eigenvalue weighted by Crippen LogP contribution is -2.36. The van der Waals surface area contributed by atoms with Crippen LogP contribution < -0.4 is 4.90 Å². The van der Waals surface area contributed by atoms with Crippen molar-refractivity contribution in [3.8, 4) is 0 Å². The second-order valence-corrected chi connectivity index (χ2v) is 8.36. The number of nitrogens with zero attached hydrogens (tertiary/aromatic N) is 4. The van der Waals surface area contributed by atoms with Gasteiger partial charge in [-0.05, 0) is 54.9 Å². The van der Waals surface area contributed by atoms with Crippen LogP contribution in [-0.2, 0) is 18.5 Å². The zero-order valence-electron chi connectivity index (χ0n) is 15.8. The molecule has 0 aliphatic carbocycles. The highest BCUT2D eigenvalue weighted by molar-refractivity contribution is 6.30. The Labute approximate surface area is 170 Å². The lowest BCUT2D eigenvalue weighted by atomic mass is 9.85. The predicted molar refractivity (Wildman–Crippen MR) is 113 cm³/mol. The van der Waals surface area contributed by atoms with Crippen LogP contribution in [0.15, 0.2) is 67.0 Å². The first-order chi connectivity index (χ1) is 13.7. The van der Waals surface area contributed by atoms with Gasteiger partial charge >= 0.3 is 0 Å². The molecule has 1 saturated heterocycles. The monoisotopic (exact) mass is 390 g/mol. The van der Waals surface area contributed by atoms with Crippen LogP contribution in [-0.4, -0.2) is 34.5 Å². The number of rotatable bonds is 4. The van der Waals surface area contributed by atoms with Crippen LogP contribution in [0.2, 0.25) is 5.02 Å². The molecule has 0 amide bonds. The van der Waals surface area contributed by atoms with E-state index in [1.165, 1.54) is 16.9 Å². The van der Waals surface area contributed by atoms with E-state index in [1.54, 1.807) is 0 Å². The van der Waals surface area contributed by atoms with Gasteiger partial charge in [-0.1, -0.05) is 29.8 Å². The Morgan fingerprint density at radius 2 is 1.86 bits per heavy atom. The standard InChI is InChI=1S/C23H23ClN4/c24-19-6-3-5-18(13-19)14-27-12-9-23(16-27)17-28(15-20-7-1-2-10-25-20)21-8-4-11-26-22(21)23/h1-8,10-11,13H,9,12,14-17H2/t23-/m0/s1. The summed E-state index contributed by atoms with van der Waals surface area (Å²) in [5, 5.41) is 0.806. The van der Waals surface area contributed by atoms with Gasteiger partial charge in [-0.15, -0.1) is 0 Å². The van der Waals surface area contributed by atoms with Gasteiger partial charge in [0.2, 0.25) is 0 Å². The Morgan fingerprint density at radius 3 is 2.71 bits per heavy atom. The molecule has 2 aromatic heterocycles. The molecule has 4 nitrogen and oxygen atoms in total. The summed E-state index contributed by atoms with van der Waals surface area (Å²) in [4.78, 5) is 14.3. The van der Waals surface area contributed by atoms with Crippen LogP contribution in [0.3, 0.4) is 0 Å². The van der Waals surface area contributed by atoms with Crippen LogP contribution in [0, 0.1) is 0 Å². The molecule has 5 rings (SSSR count). The molecule has 142 valence electrons. The fourth-order valence-corrected chi connectivity index (χ4v) is 4.94. The van der Waals surface area contributed by atoms with E-state index in [2.05, 4.69) is 45.1 Å². The largest absolute Gasteiger partial charge is 0.363 e. The molecule has 0 radical (unpaired) electrons. The number of pyridine rings is 2. The molecule has 2 aliphatic heterocycles. The van der Waals surface area contributed by atoms with Gasteiger partial charge in [0.1, 0.15) is 0 Å². The maximum atomic E-state index is 6.17. The Hall–Kier alpha value is -2.43. The van der Waals surface area contributed by atoms with Crippen molar-refractivity contribution >= 4 is 17.3 Å². The van der Waals surface area contributed by atoms with Crippen molar-refractivity contribution in [1.82, 2.24) is 14.9 Å². The number of fused-ring (bicyclic) bond motifs is 2. The van der Waals surface area contributed by atoms with Crippen molar-refractivity contribution in [1.29, 1.82) is 0 Å². The molecule has 0 N–H and O–H groups in total. The third-order valence-electron chi connectivity index (χ3n) is 5.93. The number of hydrogen-bond acceptors (Lipinski definition) is 4. The van der Waals surface area contributed by atoms with Crippen molar-refractivity contribution in [2.45, 2.75) is 24.9 Å². The molecular formula is C23H23ClN4. The van der Waals surface area contributed by atoms with Crippen LogP contribution >= 0.6 is 11.6 Å². The van der Waals surface area contributed by atoms with Crippen molar-refractivity contribution in [2.75, 3.05) is 24.5 Å². The summed E-state index contributed by atoms with van der Waals surface area (Å²) in [6, 6.07) is 18.6. The third-order valence-corrected chi connectivity index (χ3v) is 6.17. The quantitative estimate of drug-likeness (QED) is 0.665. The summed E-state index contributed by atoms with van der Waals surface area (Å²) >= 11 is 6.17. The van der Waals surface area contributed by atoms with E-state index in [-0.39, 0.29) is 5.41 Å². The van der Waals surface area contributed by atoms with E-state index in [4.69, 9.17) is 16.6 Å². The van der Waals surface area contributed by atoms with Crippen LogP contribution in [0.1, 0.15) is 23.4 Å². The number of halogens is 1. The molecule has 28 heavy (non-hydrogen) atoms. The molecule has 1 fully saturated rings. The summed E-state index contributed by atoms with van der Waals surface area (Å²) in [7, 11) is 0. The van der Waals surface area contributed by atoms with Crippen molar-refractivity contribution < 1.29 is 0 Å². The molecule has 2 aliphatic rings. The number of anilines is 1. The molecule has 1 aromatic carbocycles. The van der Waals surface area contributed by atoms with E-state index in [0.717, 1.165) is 49.9 Å². The smallest absolute Gasteiger partial charge is 0.0729 e. The van der Waals surface area contributed by atoms with Gasteiger partial charge in [0.25, 0.3) is 0 Å².